The lowest BCUT2D eigenvalue weighted by atomic mass is 10.1. The number of amides is 1. The number of nitrogens with one attached hydrogen (secondary N) is 1. The molecule has 0 radical (unpaired) electrons. The Balaban J connectivity index is 1.48. The van der Waals surface area contributed by atoms with E-state index in [2.05, 4.69) is 5.32 Å². The Kier molecular flexibility index (Phi) is 5.48. The second-order valence-corrected chi connectivity index (χ2v) is 6.85. The number of fused-ring (bicyclic) bond motifs is 3. The summed E-state index contributed by atoms with van der Waals surface area (Å²) in [6.45, 7) is -0.698. The van der Waals surface area contributed by atoms with Crippen molar-refractivity contribution in [1.82, 2.24) is 0 Å². The fourth-order valence-electron chi connectivity index (χ4n) is 3.24. The smallest absolute Gasteiger partial charge is 0.416 e. The van der Waals surface area contributed by atoms with Crippen LogP contribution in [-0.2, 0) is 15.7 Å². The number of carbonyl (C=O) groups excluding carboxylic acids is 2. The first-order valence-electron chi connectivity index (χ1n) is 9.40. The van der Waals surface area contributed by atoms with Crippen LogP contribution in [-0.4, -0.2) is 25.6 Å². The lowest BCUT2D eigenvalue weighted by Crippen LogP contribution is -2.21. The highest BCUT2D eigenvalue weighted by molar-refractivity contribution is 6.08. The van der Waals surface area contributed by atoms with Crippen molar-refractivity contribution >= 4 is 39.5 Å². The van der Waals surface area contributed by atoms with E-state index in [0.717, 1.165) is 22.9 Å². The summed E-state index contributed by atoms with van der Waals surface area (Å²) in [7, 11) is 1.44. The van der Waals surface area contributed by atoms with Crippen molar-refractivity contribution in [3.8, 4) is 5.75 Å². The van der Waals surface area contributed by atoms with Crippen LogP contribution in [0.5, 0.6) is 5.75 Å². The third-order valence-electron chi connectivity index (χ3n) is 4.73. The average molecular weight is 443 g/mol. The van der Waals surface area contributed by atoms with Gasteiger partial charge in [-0.2, -0.15) is 13.2 Å². The van der Waals surface area contributed by atoms with Gasteiger partial charge in [0.1, 0.15) is 16.9 Å². The first-order chi connectivity index (χ1) is 15.3. The minimum absolute atomic E-state index is 0.291. The largest absolute Gasteiger partial charge is 0.495 e. The van der Waals surface area contributed by atoms with Gasteiger partial charge in [-0.15, -0.1) is 0 Å². The summed E-state index contributed by atoms with van der Waals surface area (Å²) in [6.07, 6.45) is -4.60. The number of ether oxygens (including phenoxy) is 2. The lowest BCUT2D eigenvalue weighted by Gasteiger charge is -2.11. The number of carbonyl (C=O) groups is 2. The molecule has 0 aliphatic rings. The number of esters is 1. The van der Waals surface area contributed by atoms with E-state index in [1.54, 1.807) is 12.1 Å². The Morgan fingerprint density at radius 1 is 0.969 bits per heavy atom. The van der Waals surface area contributed by atoms with Crippen LogP contribution in [0.25, 0.3) is 21.9 Å². The molecule has 0 unspecified atom stereocenters. The number of para-hydroxylation sites is 1. The molecule has 164 valence electrons. The maximum absolute atomic E-state index is 12.8. The minimum atomic E-state index is -4.60. The molecule has 9 heteroatoms. The fraction of sp³-hybridized carbons (Fsp3) is 0.130. The Hall–Kier alpha value is -4.01. The van der Waals surface area contributed by atoms with E-state index in [4.69, 9.17) is 13.9 Å². The number of rotatable bonds is 5. The molecule has 1 aromatic heterocycles. The molecule has 0 aliphatic heterocycles. The molecule has 0 saturated heterocycles. The van der Waals surface area contributed by atoms with E-state index in [9.17, 15) is 22.8 Å². The van der Waals surface area contributed by atoms with Crippen LogP contribution in [0.15, 0.2) is 65.1 Å². The molecule has 0 atom stereocenters. The SMILES string of the molecule is COc1cc2c(cc1NC(=O)COC(=O)c1cccc(C(F)(F)F)c1)oc1ccccc12. The predicted octanol–water partition coefficient (Wildman–Crippen LogP) is 5.41. The minimum Gasteiger partial charge on any atom is -0.495 e. The third-order valence-corrected chi connectivity index (χ3v) is 4.73. The van der Waals surface area contributed by atoms with Crippen LogP contribution < -0.4 is 10.1 Å². The second-order valence-electron chi connectivity index (χ2n) is 6.85. The molecule has 0 saturated carbocycles. The fourth-order valence-corrected chi connectivity index (χ4v) is 3.24. The van der Waals surface area contributed by atoms with Crippen LogP contribution in [0.2, 0.25) is 0 Å². The normalized spacial score (nSPS) is 11.5. The number of methoxy groups -OCH3 is 1. The number of hydrogen-bond acceptors (Lipinski definition) is 5. The first-order valence-corrected chi connectivity index (χ1v) is 9.40. The van der Waals surface area contributed by atoms with Crippen molar-refractivity contribution in [2.75, 3.05) is 19.0 Å². The maximum Gasteiger partial charge on any atom is 0.416 e. The maximum atomic E-state index is 12.8. The van der Waals surface area contributed by atoms with Crippen molar-refractivity contribution in [3.63, 3.8) is 0 Å². The van der Waals surface area contributed by atoms with E-state index in [0.29, 0.717) is 28.7 Å². The van der Waals surface area contributed by atoms with Gasteiger partial charge in [0, 0.05) is 16.8 Å². The summed E-state index contributed by atoms with van der Waals surface area (Å²) < 4.78 is 54.4. The molecule has 4 rings (SSSR count). The Morgan fingerprint density at radius 2 is 1.75 bits per heavy atom. The lowest BCUT2D eigenvalue weighted by molar-refractivity contribution is -0.137. The molecule has 32 heavy (non-hydrogen) atoms. The van der Waals surface area contributed by atoms with Crippen LogP contribution in [0, 0.1) is 0 Å². The monoisotopic (exact) mass is 443 g/mol. The Morgan fingerprint density at radius 3 is 2.50 bits per heavy atom. The van der Waals surface area contributed by atoms with Gasteiger partial charge in [-0.05, 0) is 30.3 Å². The summed E-state index contributed by atoms with van der Waals surface area (Å²) in [6, 6.07) is 14.5. The second kappa shape index (κ2) is 8.26. The van der Waals surface area contributed by atoms with Crippen LogP contribution in [0.3, 0.4) is 0 Å². The highest BCUT2D eigenvalue weighted by Gasteiger charge is 2.31. The first kappa shape index (κ1) is 21.2. The Labute approximate surface area is 179 Å². The van der Waals surface area contributed by atoms with E-state index < -0.39 is 30.2 Å². The van der Waals surface area contributed by atoms with Gasteiger partial charge >= 0.3 is 12.1 Å². The Bertz CT molecular complexity index is 1330. The summed E-state index contributed by atoms with van der Waals surface area (Å²) in [4.78, 5) is 24.4. The number of furan rings is 1. The van der Waals surface area contributed by atoms with Crippen molar-refractivity contribution in [2.24, 2.45) is 0 Å². The summed E-state index contributed by atoms with van der Waals surface area (Å²) >= 11 is 0. The van der Waals surface area contributed by atoms with E-state index >= 15 is 0 Å². The van der Waals surface area contributed by atoms with Gasteiger partial charge in [0.15, 0.2) is 6.61 Å². The van der Waals surface area contributed by atoms with Crippen LogP contribution >= 0.6 is 0 Å². The van der Waals surface area contributed by atoms with Gasteiger partial charge in [0.05, 0.1) is 23.9 Å². The van der Waals surface area contributed by atoms with Gasteiger partial charge in [-0.25, -0.2) is 4.79 Å². The molecule has 0 aliphatic carbocycles. The quantitative estimate of drug-likeness (QED) is 0.418. The molecule has 1 N–H and O–H groups in total. The molecule has 0 fully saturated rings. The zero-order valence-electron chi connectivity index (χ0n) is 16.7. The zero-order chi connectivity index (χ0) is 22.9. The summed E-state index contributed by atoms with van der Waals surface area (Å²) in [5.74, 6) is -1.38. The van der Waals surface area contributed by atoms with Crippen LogP contribution in [0.1, 0.15) is 15.9 Å². The number of benzene rings is 3. The van der Waals surface area contributed by atoms with Gasteiger partial charge < -0.3 is 19.2 Å². The van der Waals surface area contributed by atoms with Gasteiger partial charge in [0.2, 0.25) is 0 Å². The molecule has 3 aromatic carbocycles. The molecule has 0 spiro atoms. The van der Waals surface area contributed by atoms with E-state index in [-0.39, 0.29) is 5.56 Å². The van der Waals surface area contributed by atoms with E-state index in [1.807, 2.05) is 24.3 Å². The summed E-state index contributed by atoms with van der Waals surface area (Å²) in [5, 5.41) is 4.24. The topological polar surface area (TPSA) is 77.8 Å². The molecule has 1 amide bonds. The van der Waals surface area contributed by atoms with Crippen LogP contribution in [0.4, 0.5) is 18.9 Å². The number of alkyl halides is 3. The predicted molar refractivity (Wildman–Crippen MR) is 111 cm³/mol. The number of anilines is 1. The van der Waals surface area contributed by atoms with Gasteiger partial charge in [-0.3, -0.25) is 4.79 Å². The molecule has 1 heterocycles. The van der Waals surface area contributed by atoms with E-state index in [1.165, 1.54) is 13.2 Å². The highest BCUT2D eigenvalue weighted by atomic mass is 19.4. The molecule has 0 bridgehead atoms. The molecule has 6 nitrogen and oxygen atoms in total. The third kappa shape index (κ3) is 4.22. The summed E-state index contributed by atoms with van der Waals surface area (Å²) in [5.41, 5.74) is 0.180. The van der Waals surface area contributed by atoms with Crippen molar-refractivity contribution in [1.29, 1.82) is 0 Å². The van der Waals surface area contributed by atoms with Crippen molar-refractivity contribution in [3.05, 3.63) is 71.8 Å². The molecular formula is C23H16F3NO5. The standard InChI is InChI=1S/C23H16F3NO5/c1-30-20-10-16-15-7-2-3-8-18(15)32-19(16)11-17(20)27-21(28)12-31-22(29)13-5-4-6-14(9-13)23(24,25)26/h2-11H,12H2,1H3,(H,27,28). The molecular weight excluding hydrogens is 427 g/mol. The van der Waals surface area contributed by atoms with Gasteiger partial charge in [-0.1, -0.05) is 24.3 Å². The van der Waals surface area contributed by atoms with Gasteiger partial charge in [0.25, 0.3) is 5.91 Å². The molecule has 4 aromatic rings. The number of hydrogen-bond donors (Lipinski definition) is 1. The van der Waals surface area contributed by atoms with Crippen molar-refractivity contribution in [2.45, 2.75) is 6.18 Å². The number of halogens is 3. The highest BCUT2D eigenvalue weighted by Crippen LogP contribution is 2.36. The zero-order valence-corrected chi connectivity index (χ0v) is 16.7. The van der Waals surface area contributed by atoms with Crippen molar-refractivity contribution < 1.29 is 36.7 Å². The average Bonchev–Trinajstić information content (AvgIpc) is 3.13.